The molecule has 110 valence electrons. The summed E-state index contributed by atoms with van der Waals surface area (Å²) in [5.41, 5.74) is 2.40. The first-order valence-electron chi connectivity index (χ1n) is 6.63. The van der Waals surface area contributed by atoms with E-state index in [2.05, 4.69) is 10.3 Å². The molecule has 0 atom stereocenters. The lowest BCUT2D eigenvalue weighted by Gasteiger charge is -2.08. The van der Waals surface area contributed by atoms with Gasteiger partial charge in [0.25, 0.3) is 5.91 Å². The van der Waals surface area contributed by atoms with E-state index >= 15 is 0 Å². The summed E-state index contributed by atoms with van der Waals surface area (Å²) in [6.45, 7) is 2.44. The number of nitrogens with zero attached hydrogens (tertiary/aromatic N) is 1. The van der Waals surface area contributed by atoms with Gasteiger partial charge in [0.1, 0.15) is 5.75 Å². The molecule has 21 heavy (non-hydrogen) atoms. The number of aromatic nitrogens is 1. The molecular weight excluding hydrogens is 271 g/mol. The fourth-order valence-electron chi connectivity index (χ4n) is 1.99. The van der Waals surface area contributed by atoms with Gasteiger partial charge in [-0.05, 0) is 36.6 Å². The third kappa shape index (κ3) is 4.02. The lowest BCUT2D eigenvalue weighted by molar-refractivity contribution is 0.0953. The summed E-state index contributed by atoms with van der Waals surface area (Å²) >= 11 is 0. The first-order valence-corrected chi connectivity index (χ1v) is 6.63. The second-order valence-corrected chi connectivity index (χ2v) is 4.68. The minimum atomic E-state index is -0.661. The number of amides is 1. The molecule has 4 nitrogen and oxygen atoms in total. The molecular formula is C16H17FN2O2. The quantitative estimate of drug-likeness (QED) is 0.860. The molecule has 0 spiro atoms. The monoisotopic (exact) mass is 288 g/mol. The topological polar surface area (TPSA) is 51.2 Å². The molecule has 0 aliphatic rings. The first kappa shape index (κ1) is 15.0. The second-order valence-electron chi connectivity index (χ2n) is 4.68. The van der Waals surface area contributed by atoms with Crippen LogP contribution in [0.3, 0.4) is 0 Å². The summed E-state index contributed by atoms with van der Waals surface area (Å²) in [6.07, 6.45) is 1.95. The average molecular weight is 288 g/mol. The Morgan fingerprint density at radius 1 is 1.33 bits per heavy atom. The lowest BCUT2D eigenvalue weighted by Crippen LogP contribution is -2.25. The molecule has 2 rings (SSSR count). The molecule has 1 aromatic carbocycles. The fourth-order valence-corrected chi connectivity index (χ4v) is 1.99. The van der Waals surface area contributed by atoms with Gasteiger partial charge in [0.2, 0.25) is 5.95 Å². The van der Waals surface area contributed by atoms with Crippen LogP contribution < -0.4 is 10.1 Å². The van der Waals surface area contributed by atoms with Crippen molar-refractivity contribution in [1.82, 2.24) is 10.3 Å². The van der Waals surface area contributed by atoms with Crippen molar-refractivity contribution < 1.29 is 13.9 Å². The Kier molecular flexibility index (Phi) is 4.87. The van der Waals surface area contributed by atoms with Crippen LogP contribution in [-0.4, -0.2) is 24.5 Å². The number of hydrogen-bond donors (Lipinski definition) is 1. The summed E-state index contributed by atoms with van der Waals surface area (Å²) in [4.78, 5) is 15.3. The van der Waals surface area contributed by atoms with Crippen molar-refractivity contribution in [3.8, 4) is 5.75 Å². The van der Waals surface area contributed by atoms with E-state index in [9.17, 15) is 9.18 Å². The molecule has 1 amide bonds. The number of benzene rings is 1. The van der Waals surface area contributed by atoms with Gasteiger partial charge in [0, 0.05) is 24.4 Å². The Bertz CT molecular complexity index is 644. The van der Waals surface area contributed by atoms with E-state index in [-0.39, 0.29) is 11.5 Å². The van der Waals surface area contributed by atoms with Crippen molar-refractivity contribution in [3.05, 3.63) is 59.2 Å². The number of carbonyl (C=O) groups excluding carboxylic acids is 1. The molecule has 2 aromatic rings. The predicted octanol–water partition coefficient (Wildman–Crippen LogP) is 2.51. The highest BCUT2D eigenvalue weighted by Crippen LogP contribution is 2.19. The fraction of sp³-hybridized carbons (Fsp3) is 0.250. The zero-order chi connectivity index (χ0) is 15.2. The maximum atomic E-state index is 12.9. The van der Waals surface area contributed by atoms with Crippen LogP contribution in [0, 0.1) is 12.9 Å². The summed E-state index contributed by atoms with van der Waals surface area (Å²) in [5, 5.41) is 2.75. The van der Waals surface area contributed by atoms with Crippen LogP contribution in [0.4, 0.5) is 4.39 Å². The third-order valence-electron chi connectivity index (χ3n) is 3.16. The van der Waals surface area contributed by atoms with Gasteiger partial charge in [0.05, 0.1) is 7.11 Å². The molecule has 0 unspecified atom stereocenters. The third-order valence-corrected chi connectivity index (χ3v) is 3.16. The first-order chi connectivity index (χ1) is 10.1. The van der Waals surface area contributed by atoms with Crippen LogP contribution in [0.25, 0.3) is 0 Å². The van der Waals surface area contributed by atoms with E-state index in [1.165, 1.54) is 12.3 Å². The van der Waals surface area contributed by atoms with Crippen LogP contribution in [0.5, 0.6) is 5.75 Å². The summed E-state index contributed by atoms with van der Waals surface area (Å²) in [5.74, 6) is -0.142. The SMILES string of the molecule is COc1cc(CCNC(=O)c2ccnc(F)c2)ccc1C. The highest BCUT2D eigenvalue weighted by molar-refractivity contribution is 5.93. The Balaban J connectivity index is 1.91. The van der Waals surface area contributed by atoms with Crippen molar-refractivity contribution in [2.45, 2.75) is 13.3 Å². The Morgan fingerprint density at radius 3 is 2.86 bits per heavy atom. The number of nitrogens with one attached hydrogen (secondary N) is 1. The van der Waals surface area contributed by atoms with Gasteiger partial charge in [0.15, 0.2) is 0 Å². The largest absolute Gasteiger partial charge is 0.496 e. The van der Waals surface area contributed by atoms with Gasteiger partial charge < -0.3 is 10.1 Å². The maximum Gasteiger partial charge on any atom is 0.251 e. The number of hydrogen-bond acceptors (Lipinski definition) is 3. The van der Waals surface area contributed by atoms with E-state index in [1.54, 1.807) is 7.11 Å². The maximum absolute atomic E-state index is 12.9. The molecule has 5 heteroatoms. The highest BCUT2D eigenvalue weighted by atomic mass is 19.1. The molecule has 1 aromatic heterocycles. The minimum Gasteiger partial charge on any atom is -0.496 e. The van der Waals surface area contributed by atoms with Crippen molar-refractivity contribution in [2.24, 2.45) is 0 Å². The number of methoxy groups -OCH3 is 1. The number of rotatable bonds is 5. The Hall–Kier alpha value is -2.43. The van der Waals surface area contributed by atoms with Crippen LogP contribution in [0.2, 0.25) is 0 Å². The van der Waals surface area contributed by atoms with Gasteiger partial charge in [-0.2, -0.15) is 4.39 Å². The normalized spacial score (nSPS) is 10.2. The summed E-state index contributed by atoms with van der Waals surface area (Å²) < 4.78 is 18.2. The van der Waals surface area contributed by atoms with Crippen LogP contribution in [0.1, 0.15) is 21.5 Å². The number of pyridine rings is 1. The van der Waals surface area contributed by atoms with Gasteiger partial charge >= 0.3 is 0 Å². The molecule has 0 saturated carbocycles. The van der Waals surface area contributed by atoms with Crippen LogP contribution in [0.15, 0.2) is 36.5 Å². The summed E-state index contributed by atoms with van der Waals surface area (Å²) in [7, 11) is 1.63. The Labute approximate surface area is 123 Å². The second kappa shape index (κ2) is 6.83. The van der Waals surface area contributed by atoms with Gasteiger partial charge in [-0.25, -0.2) is 4.98 Å². The number of aryl methyl sites for hydroxylation is 1. The van der Waals surface area contributed by atoms with Crippen molar-refractivity contribution in [1.29, 1.82) is 0 Å². The lowest BCUT2D eigenvalue weighted by atomic mass is 10.1. The molecule has 1 heterocycles. The minimum absolute atomic E-state index is 0.268. The van der Waals surface area contributed by atoms with Crippen LogP contribution in [-0.2, 0) is 6.42 Å². The number of ether oxygens (including phenoxy) is 1. The average Bonchev–Trinajstić information content (AvgIpc) is 2.48. The van der Waals surface area contributed by atoms with E-state index < -0.39 is 5.95 Å². The van der Waals surface area contributed by atoms with E-state index in [1.807, 2.05) is 25.1 Å². The van der Waals surface area contributed by atoms with Crippen molar-refractivity contribution in [3.63, 3.8) is 0 Å². The number of carbonyl (C=O) groups is 1. The molecule has 1 N–H and O–H groups in total. The van der Waals surface area contributed by atoms with Crippen molar-refractivity contribution >= 4 is 5.91 Å². The van der Waals surface area contributed by atoms with Crippen LogP contribution >= 0.6 is 0 Å². The molecule has 0 aliphatic heterocycles. The Morgan fingerprint density at radius 2 is 2.14 bits per heavy atom. The molecule has 0 aliphatic carbocycles. The smallest absolute Gasteiger partial charge is 0.251 e. The molecule has 0 saturated heterocycles. The van der Waals surface area contributed by atoms with Crippen molar-refractivity contribution in [2.75, 3.05) is 13.7 Å². The highest BCUT2D eigenvalue weighted by Gasteiger charge is 2.07. The van der Waals surface area contributed by atoms with E-state index in [0.29, 0.717) is 13.0 Å². The van der Waals surface area contributed by atoms with Gasteiger partial charge in [-0.15, -0.1) is 0 Å². The predicted molar refractivity (Wildman–Crippen MR) is 78.0 cm³/mol. The van der Waals surface area contributed by atoms with Gasteiger partial charge in [-0.3, -0.25) is 4.79 Å². The molecule has 0 fully saturated rings. The zero-order valence-corrected chi connectivity index (χ0v) is 12.0. The standard InChI is InChI=1S/C16H17FN2O2/c1-11-3-4-12(9-14(11)21-2)5-7-19-16(20)13-6-8-18-15(17)10-13/h3-4,6,8-10H,5,7H2,1-2H3,(H,19,20). The van der Waals surface area contributed by atoms with Gasteiger partial charge in [-0.1, -0.05) is 12.1 Å². The zero-order valence-electron chi connectivity index (χ0n) is 12.0. The molecule has 0 radical (unpaired) electrons. The van der Waals surface area contributed by atoms with E-state index in [0.717, 1.165) is 22.9 Å². The molecule has 0 bridgehead atoms. The van der Waals surface area contributed by atoms with E-state index in [4.69, 9.17) is 4.74 Å². The summed E-state index contributed by atoms with van der Waals surface area (Å²) in [6, 6.07) is 8.52. The number of halogens is 1.